The number of carboxylic acids is 1. The second kappa shape index (κ2) is 4.66. The minimum Gasteiger partial charge on any atom is -0.478 e. The Labute approximate surface area is 117 Å². The first kappa shape index (κ1) is 13.2. The van der Waals surface area contributed by atoms with Crippen molar-refractivity contribution in [2.24, 2.45) is 0 Å². The smallest absolute Gasteiger partial charge is 0.335 e. The summed E-state index contributed by atoms with van der Waals surface area (Å²) in [6.07, 6.45) is 0. The zero-order valence-electron chi connectivity index (χ0n) is 10.9. The van der Waals surface area contributed by atoms with E-state index in [1.54, 1.807) is 0 Å². The molecule has 4 nitrogen and oxygen atoms in total. The van der Waals surface area contributed by atoms with E-state index in [9.17, 15) is 13.6 Å². The van der Waals surface area contributed by atoms with Gasteiger partial charge >= 0.3 is 5.97 Å². The van der Waals surface area contributed by atoms with Gasteiger partial charge in [0.2, 0.25) is 5.89 Å². The van der Waals surface area contributed by atoms with E-state index in [2.05, 4.69) is 4.98 Å². The Hall–Kier alpha value is -2.76. The zero-order valence-corrected chi connectivity index (χ0v) is 10.9. The molecule has 0 fully saturated rings. The van der Waals surface area contributed by atoms with E-state index in [-0.39, 0.29) is 33.7 Å². The van der Waals surface area contributed by atoms with Crippen molar-refractivity contribution < 1.29 is 23.1 Å². The summed E-state index contributed by atoms with van der Waals surface area (Å²) < 4.78 is 33.2. The third kappa shape index (κ3) is 2.14. The molecule has 21 heavy (non-hydrogen) atoms. The summed E-state index contributed by atoms with van der Waals surface area (Å²) in [4.78, 5) is 14.9. The van der Waals surface area contributed by atoms with Gasteiger partial charge in [-0.1, -0.05) is 6.07 Å². The van der Waals surface area contributed by atoms with Gasteiger partial charge in [-0.25, -0.2) is 18.6 Å². The minimum absolute atomic E-state index is 0.0209. The molecule has 0 bridgehead atoms. The van der Waals surface area contributed by atoms with E-state index in [4.69, 9.17) is 9.52 Å². The first-order valence-corrected chi connectivity index (χ1v) is 6.06. The Morgan fingerprint density at radius 3 is 2.71 bits per heavy atom. The van der Waals surface area contributed by atoms with Crippen molar-refractivity contribution in [1.82, 2.24) is 4.98 Å². The Bertz CT molecular complexity index is 871. The van der Waals surface area contributed by atoms with Crippen molar-refractivity contribution in [3.8, 4) is 11.5 Å². The monoisotopic (exact) mass is 289 g/mol. The summed E-state index contributed by atoms with van der Waals surface area (Å²) >= 11 is 0. The van der Waals surface area contributed by atoms with Crippen molar-refractivity contribution >= 4 is 17.1 Å². The number of aromatic carboxylic acids is 1. The van der Waals surface area contributed by atoms with Crippen LogP contribution < -0.4 is 0 Å². The summed E-state index contributed by atoms with van der Waals surface area (Å²) in [5, 5.41) is 8.91. The lowest BCUT2D eigenvalue weighted by Gasteiger charge is -2.02. The summed E-state index contributed by atoms with van der Waals surface area (Å²) in [6, 6.07) is 6.48. The topological polar surface area (TPSA) is 63.3 Å². The normalized spacial score (nSPS) is 11.0. The molecule has 0 atom stereocenters. The van der Waals surface area contributed by atoms with E-state index in [1.165, 1.54) is 31.2 Å². The lowest BCUT2D eigenvalue weighted by molar-refractivity contribution is 0.0697. The molecule has 6 heteroatoms. The molecular weight excluding hydrogens is 280 g/mol. The average Bonchev–Trinajstić information content (AvgIpc) is 2.85. The number of aromatic nitrogens is 1. The molecular formula is C15H9F2NO3. The van der Waals surface area contributed by atoms with Crippen LogP contribution in [0.25, 0.3) is 22.6 Å². The molecule has 0 saturated heterocycles. The van der Waals surface area contributed by atoms with Crippen LogP contribution in [0.15, 0.2) is 34.7 Å². The van der Waals surface area contributed by atoms with Gasteiger partial charge in [0, 0.05) is 0 Å². The number of benzene rings is 2. The van der Waals surface area contributed by atoms with Crippen molar-refractivity contribution in [2.75, 3.05) is 0 Å². The third-order valence-corrected chi connectivity index (χ3v) is 3.13. The second-order valence-electron chi connectivity index (χ2n) is 4.56. The number of carboxylic acid groups (broad SMARTS) is 1. The summed E-state index contributed by atoms with van der Waals surface area (Å²) in [5.74, 6) is -2.87. The highest BCUT2D eigenvalue weighted by atomic mass is 19.1. The van der Waals surface area contributed by atoms with Crippen LogP contribution in [0.3, 0.4) is 0 Å². The molecule has 0 radical (unpaired) electrons. The van der Waals surface area contributed by atoms with Crippen molar-refractivity contribution in [1.29, 1.82) is 0 Å². The lowest BCUT2D eigenvalue weighted by Crippen LogP contribution is -1.95. The molecule has 0 aliphatic heterocycles. The predicted molar refractivity (Wildman–Crippen MR) is 71.1 cm³/mol. The minimum atomic E-state index is -1.12. The van der Waals surface area contributed by atoms with Crippen LogP contribution in [-0.2, 0) is 0 Å². The lowest BCUT2D eigenvalue weighted by atomic mass is 10.1. The average molecular weight is 289 g/mol. The van der Waals surface area contributed by atoms with Crippen LogP contribution >= 0.6 is 0 Å². The second-order valence-corrected chi connectivity index (χ2v) is 4.56. The largest absolute Gasteiger partial charge is 0.478 e. The molecule has 0 spiro atoms. The molecule has 2 aromatic carbocycles. The van der Waals surface area contributed by atoms with E-state index in [0.29, 0.717) is 0 Å². The van der Waals surface area contributed by atoms with Crippen molar-refractivity contribution in [3.05, 3.63) is 53.1 Å². The number of hydrogen-bond acceptors (Lipinski definition) is 3. The van der Waals surface area contributed by atoms with Crippen LogP contribution in [0.2, 0.25) is 0 Å². The molecule has 0 aliphatic carbocycles. The first-order valence-electron chi connectivity index (χ1n) is 6.06. The van der Waals surface area contributed by atoms with Gasteiger partial charge in [-0.05, 0) is 36.8 Å². The summed E-state index contributed by atoms with van der Waals surface area (Å²) in [5.41, 5.74) is 0.413. The highest BCUT2D eigenvalue weighted by molar-refractivity contribution is 5.92. The van der Waals surface area contributed by atoms with E-state index in [1.807, 2.05) is 0 Å². The maximum absolute atomic E-state index is 14.1. The Kier molecular flexibility index (Phi) is 2.94. The predicted octanol–water partition coefficient (Wildman–Crippen LogP) is 3.78. The Morgan fingerprint density at radius 1 is 1.24 bits per heavy atom. The van der Waals surface area contributed by atoms with Crippen LogP contribution in [0, 0.1) is 18.6 Å². The van der Waals surface area contributed by atoms with Gasteiger partial charge in [0.15, 0.2) is 5.58 Å². The third-order valence-electron chi connectivity index (χ3n) is 3.13. The van der Waals surface area contributed by atoms with Gasteiger partial charge in [0.25, 0.3) is 0 Å². The fourth-order valence-corrected chi connectivity index (χ4v) is 2.02. The number of carbonyl (C=O) groups is 1. The van der Waals surface area contributed by atoms with E-state index in [0.717, 1.165) is 6.07 Å². The maximum Gasteiger partial charge on any atom is 0.335 e. The fourth-order valence-electron chi connectivity index (χ4n) is 2.02. The number of halogens is 2. The SMILES string of the molecule is Cc1ccc(F)c(-c2nc3cc(C(=O)O)ccc3o2)c1F. The number of aryl methyl sites for hydroxylation is 1. The molecule has 3 aromatic rings. The first-order chi connectivity index (χ1) is 9.97. The standard InChI is InChI=1S/C15H9F2NO3/c1-7-2-4-9(16)12(13(7)17)14-18-10-6-8(15(19)20)3-5-11(10)21-14/h2-6H,1H3,(H,19,20). The number of nitrogens with zero attached hydrogens (tertiary/aromatic N) is 1. The number of rotatable bonds is 2. The van der Waals surface area contributed by atoms with Gasteiger partial charge in [0.05, 0.1) is 5.56 Å². The summed E-state index contributed by atoms with van der Waals surface area (Å²) in [7, 11) is 0. The highest BCUT2D eigenvalue weighted by Crippen LogP contribution is 2.30. The molecule has 0 saturated carbocycles. The number of hydrogen-bond donors (Lipinski definition) is 1. The molecule has 1 N–H and O–H groups in total. The van der Waals surface area contributed by atoms with Crippen LogP contribution in [0.4, 0.5) is 8.78 Å². The van der Waals surface area contributed by atoms with Gasteiger partial charge < -0.3 is 9.52 Å². The number of fused-ring (bicyclic) bond motifs is 1. The zero-order chi connectivity index (χ0) is 15.1. The molecule has 1 aromatic heterocycles. The Balaban J connectivity index is 2.22. The van der Waals surface area contributed by atoms with Gasteiger partial charge in [-0.3, -0.25) is 0 Å². The molecule has 0 aliphatic rings. The van der Waals surface area contributed by atoms with Crippen LogP contribution in [0.5, 0.6) is 0 Å². The molecule has 106 valence electrons. The van der Waals surface area contributed by atoms with Crippen molar-refractivity contribution in [2.45, 2.75) is 6.92 Å². The van der Waals surface area contributed by atoms with Gasteiger partial charge in [-0.15, -0.1) is 0 Å². The quantitative estimate of drug-likeness (QED) is 0.779. The number of oxazole rings is 1. The highest BCUT2D eigenvalue weighted by Gasteiger charge is 2.19. The van der Waals surface area contributed by atoms with Crippen LogP contribution in [0.1, 0.15) is 15.9 Å². The molecule has 0 amide bonds. The van der Waals surface area contributed by atoms with Crippen LogP contribution in [-0.4, -0.2) is 16.1 Å². The van der Waals surface area contributed by atoms with E-state index < -0.39 is 17.6 Å². The van der Waals surface area contributed by atoms with Gasteiger partial charge in [-0.2, -0.15) is 0 Å². The van der Waals surface area contributed by atoms with Crippen molar-refractivity contribution in [3.63, 3.8) is 0 Å². The molecule has 0 unspecified atom stereocenters. The summed E-state index contributed by atoms with van der Waals surface area (Å²) in [6.45, 7) is 1.50. The molecule has 3 rings (SSSR count). The Morgan fingerprint density at radius 2 is 2.00 bits per heavy atom. The molecule has 1 heterocycles. The fraction of sp³-hybridized carbons (Fsp3) is 0.0667. The van der Waals surface area contributed by atoms with Gasteiger partial charge in [0.1, 0.15) is 22.7 Å². The maximum atomic E-state index is 14.1. The van der Waals surface area contributed by atoms with E-state index >= 15 is 0 Å².